The van der Waals surface area contributed by atoms with Crippen molar-refractivity contribution >= 4 is 11.7 Å². The van der Waals surface area contributed by atoms with Crippen LogP contribution >= 0.6 is 0 Å². The lowest BCUT2D eigenvalue weighted by Crippen LogP contribution is -2.64. The summed E-state index contributed by atoms with van der Waals surface area (Å²) in [5.41, 5.74) is 2.82. The number of benzene rings is 2. The highest BCUT2D eigenvalue weighted by Gasteiger charge is 2.49. The average molecular weight is 340 g/mol. The molecule has 2 aromatic carbocycles. The fourth-order valence-electron chi connectivity index (χ4n) is 3.75. The average Bonchev–Trinajstić information content (AvgIpc) is 2.91. The Morgan fingerprint density at radius 1 is 1.12 bits per heavy atom. The van der Waals surface area contributed by atoms with Crippen LogP contribution in [0.3, 0.4) is 0 Å². The monoisotopic (exact) mass is 340 g/mol. The predicted molar refractivity (Wildman–Crippen MR) is 98.7 cm³/mol. The fraction of sp³-hybridized carbons (Fsp3) is 0.316. The number of carbonyl (C=O) groups is 1. The lowest BCUT2D eigenvalue weighted by molar-refractivity contribution is 0.0696. The molecule has 0 spiro atoms. The van der Waals surface area contributed by atoms with Gasteiger partial charge in [-0.1, -0.05) is 30.3 Å². The highest BCUT2D eigenvalue weighted by atomic mass is 16.4. The third kappa shape index (κ3) is 2.78. The summed E-state index contributed by atoms with van der Waals surface area (Å²) in [4.78, 5) is 13.7. The molecule has 0 aliphatic carbocycles. The van der Waals surface area contributed by atoms with Crippen LogP contribution in [-0.2, 0) is 12.2 Å². The van der Waals surface area contributed by atoms with Gasteiger partial charge in [-0.15, -0.1) is 0 Å². The predicted octanol–water partition coefficient (Wildman–Crippen LogP) is 1.54. The zero-order valence-electron chi connectivity index (χ0n) is 14.7. The number of likely N-dealkylation sites (N-methyl/N-ethyl adjacent to an activating group) is 3. The summed E-state index contributed by atoms with van der Waals surface area (Å²) < 4.78 is 0. The standard InChI is InChI=1S/C19H24N4O2/c1-20-18-19(21-2,22-3)15-11-14(17(24)25)9-10-16(15)23(18)12-13-7-5-4-6-8-13/h4-11,18,20-22H,12H2,1-3H3,(H,24,25). The number of hydrogen-bond acceptors (Lipinski definition) is 5. The number of anilines is 1. The van der Waals surface area contributed by atoms with Crippen LogP contribution in [0.2, 0.25) is 0 Å². The molecule has 3 rings (SSSR count). The van der Waals surface area contributed by atoms with Gasteiger partial charge in [0.1, 0.15) is 11.8 Å². The summed E-state index contributed by atoms with van der Waals surface area (Å²) in [6.45, 7) is 0.719. The van der Waals surface area contributed by atoms with E-state index in [1.807, 2.05) is 45.4 Å². The number of nitrogens with one attached hydrogen (secondary N) is 3. The second-order valence-corrected chi connectivity index (χ2v) is 6.15. The summed E-state index contributed by atoms with van der Waals surface area (Å²) in [6, 6.07) is 15.5. The van der Waals surface area contributed by atoms with Crippen molar-refractivity contribution in [3.05, 3.63) is 65.2 Å². The number of hydrogen-bond donors (Lipinski definition) is 4. The molecule has 6 heteroatoms. The number of fused-ring (bicyclic) bond motifs is 1. The first kappa shape index (κ1) is 17.4. The second kappa shape index (κ2) is 6.84. The van der Waals surface area contributed by atoms with Crippen molar-refractivity contribution in [1.29, 1.82) is 0 Å². The van der Waals surface area contributed by atoms with Gasteiger partial charge in [0.25, 0.3) is 0 Å². The first-order valence-corrected chi connectivity index (χ1v) is 8.31. The molecule has 1 aliphatic heterocycles. The van der Waals surface area contributed by atoms with E-state index in [4.69, 9.17) is 0 Å². The van der Waals surface area contributed by atoms with Crippen LogP contribution in [0.5, 0.6) is 0 Å². The van der Waals surface area contributed by atoms with Crippen LogP contribution in [0.4, 0.5) is 5.69 Å². The van der Waals surface area contributed by atoms with Gasteiger partial charge >= 0.3 is 5.97 Å². The van der Waals surface area contributed by atoms with E-state index in [1.165, 1.54) is 5.56 Å². The van der Waals surface area contributed by atoms with E-state index < -0.39 is 11.6 Å². The van der Waals surface area contributed by atoms with Crippen molar-refractivity contribution in [2.75, 3.05) is 26.0 Å². The van der Waals surface area contributed by atoms with Crippen molar-refractivity contribution in [2.24, 2.45) is 0 Å². The number of aromatic carboxylic acids is 1. The zero-order chi connectivity index (χ0) is 18.0. The summed E-state index contributed by atoms with van der Waals surface area (Å²) in [5.74, 6) is -0.925. The summed E-state index contributed by atoms with van der Waals surface area (Å²) in [7, 11) is 5.67. The molecule has 0 amide bonds. The first-order chi connectivity index (χ1) is 12.1. The largest absolute Gasteiger partial charge is 0.478 e. The van der Waals surface area contributed by atoms with Crippen LogP contribution in [0.15, 0.2) is 48.5 Å². The number of nitrogens with zero attached hydrogens (tertiary/aromatic N) is 1. The molecule has 0 radical (unpaired) electrons. The van der Waals surface area contributed by atoms with Crippen molar-refractivity contribution in [1.82, 2.24) is 16.0 Å². The molecular formula is C19H24N4O2. The lowest BCUT2D eigenvalue weighted by atomic mass is 9.97. The number of carboxylic acids is 1. The van der Waals surface area contributed by atoms with Crippen LogP contribution in [0.1, 0.15) is 21.5 Å². The highest BCUT2D eigenvalue weighted by molar-refractivity contribution is 5.89. The van der Waals surface area contributed by atoms with Gasteiger partial charge in [0.05, 0.1) is 5.56 Å². The minimum absolute atomic E-state index is 0.0817. The molecule has 1 heterocycles. The van der Waals surface area contributed by atoms with E-state index in [-0.39, 0.29) is 11.7 Å². The van der Waals surface area contributed by atoms with Crippen molar-refractivity contribution in [2.45, 2.75) is 18.4 Å². The summed E-state index contributed by atoms with van der Waals surface area (Å²) in [5, 5.41) is 19.5. The molecule has 2 aromatic rings. The molecule has 4 N–H and O–H groups in total. The van der Waals surface area contributed by atoms with Gasteiger partial charge in [-0.25, -0.2) is 4.79 Å². The minimum atomic E-state index is -0.925. The molecule has 1 unspecified atom stereocenters. The Hall–Kier alpha value is -2.41. The van der Waals surface area contributed by atoms with Crippen molar-refractivity contribution < 1.29 is 9.90 Å². The van der Waals surface area contributed by atoms with Crippen molar-refractivity contribution in [3.63, 3.8) is 0 Å². The maximum atomic E-state index is 11.4. The number of carboxylic acid groups (broad SMARTS) is 1. The molecule has 132 valence electrons. The molecule has 6 nitrogen and oxygen atoms in total. The van der Waals surface area contributed by atoms with Gasteiger partial charge in [0.2, 0.25) is 0 Å². The zero-order valence-corrected chi connectivity index (χ0v) is 14.7. The molecule has 0 aromatic heterocycles. The smallest absolute Gasteiger partial charge is 0.335 e. The Morgan fingerprint density at radius 2 is 1.80 bits per heavy atom. The van der Waals surface area contributed by atoms with E-state index in [0.29, 0.717) is 0 Å². The molecule has 0 bridgehead atoms. The molecule has 0 saturated carbocycles. The summed E-state index contributed by atoms with van der Waals surface area (Å²) in [6.07, 6.45) is -0.0817. The Bertz CT molecular complexity index is 759. The SMILES string of the molecule is CNC1N(Cc2ccccc2)c2ccc(C(=O)O)cc2C1(NC)NC. The molecule has 1 aliphatic rings. The van der Waals surface area contributed by atoms with E-state index in [1.54, 1.807) is 12.1 Å². The fourth-order valence-corrected chi connectivity index (χ4v) is 3.75. The van der Waals surface area contributed by atoms with Crippen LogP contribution in [0.25, 0.3) is 0 Å². The van der Waals surface area contributed by atoms with Crippen LogP contribution < -0.4 is 20.9 Å². The quantitative estimate of drug-likeness (QED) is 0.598. The van der Waals surface area contributed by atoms with E-state index in [0.717, 1.165) is 17.8 Å². The summed E-state index contributed by atoms with van der Waals surface area (Å²) >= 11 is 0. The Kier molecular flexibility index (Phi) is 4.76. The number of rotatable bonds is 6. The van der Waals surface area contributed by atoms with Crippen LogP contribution in [0, 0.1) is 0 Å². The van der Waals surface area contributed by atoms with Crippen LogP contribution in [-0.4, -0.2) is 38.4 Å². The second-order valence-electron chi connectivity index (χ2n) is 6.15. The molecule has 1 atom stereocenters. The van der Waals surface area contributed by atoms with E-state index >= 15 is 0 Å². The van der Waals surface area contributed by atoms with Crippen molar-refractivity contribution in [3.8, 4) is 0 Å². The molecule has 0 saturated heterocycles. The minimum Gasteiger partial charge on any atom is -0.478 e. The highest BCUT2D eigenvalue weighted by Crippen LogP contribution is 2.42. The molecule has 0 fully saturated rings. The van der Waals surface area contributed by atoms with Gasteiger partial charge in [-0.2, -0.15) is 0 Å². The maximum Gasteiger partial charge on any atom is 0.335 e. The third-order valence-electron chi connectivity index (χ3n) is 4.96. The van der Waals surface area contributed by atoms with Gasteiger partial charge in [-0.05, 0) is 44.9 Å². The maximum absolute atomic E-state index is 11.4. The third-order valence-corrected chi connectivity index (χ3v) is 4.96. The molecular weight excluding hydrogens is 316 g/mol. The normalized spacial score (nSPS) is 18.2. The molecule has 25 heavy (non-hydrogen) atoms. The first-order valence-electron chi connectivity index (χ1n) is 8.31. The lowest BCUT2D eigenvalue weighted by Gasteiger charge is -2.39. The van der Waals surface area contributed by atoms with E-state index in [9.17, 15) is 9.90 Å². The Balaban J connectivity index is 2.12. The topological polar surface area (TPSA) is 76.6 Å². The van der Waals surface area contributed by atoms with Gasteiger partial charge in [0.15, 0.2) is 0 Å². The Morgan fingerprint density at radius 3 is 2.36 bits per heavy atom. The Labute approximate surface area is 147 Å². The van der Waals surface area contributed by atoms with Gasteiger partial charge in [0, 0.05) is 17.8 Å². The van der Waals surface area contributed by atoms with E-state index in [2.05, 4.69) is 33.0 Å². The van der Waals surface area contributed by atoms with Gasteiger partial charge < -0.3 is 10.0 Å². The van der Waals surface area contributed by atoms with Gasteiger partial charge in [-0.3, -0.25) is 16.0 Å².